The topological polar surface area (TPSA) is 139 Å². The van der Waals surface area contributed by atoms with Crippen molar-refractivity contribution in [2.24, 2.45) is 0 Å². The third-order valence-corrected chi connectivity index (χ3v) is 5.84. The molecule has 0 saturated carbocycles. The molecule has 0 spiro atoms. The molecule has 35 heavy (non-hydrogen) atoms. The van der Waals surface area contributed by atoms with Gasteiger partial charge in [0, 0.05) is 30.9 Å². The quantitative estimate of drug-likeness (QED) is 0.227. The van der Waals surface area contributed by atoms with Gasteiger partial charge < -0.3 is 16.7 Å². The van der Waals surface area contributed by atoms with E-state index in [2.05, 4.69) is 21.9 Å². The van der Waals surface area contributed by atoms with E-state index < -0.39 is 18.9 Å². The number of nitro groups is 1. The van der Waals surface area contributed by atoms with Crippen molar-refractivity contribution in [3.05, 3.63) is 69.8 Å². The number of nitrogens with two attached hydrogens (primary N) is 1. The summed E-state index contributed by atoms with van der Waals surface area (Å²) in [5, 5.41) is 10.5. The molecule has 0 unspecified atom stereocenters. The molecular formula is C24H38Cl2N4O4Sn. The summed E-state index contributed by atoms with van der Waals surface area (Å²) in [6, 6.07) is 15.1. The number of nitrogens with zero attached hydrogens (tertiary/aromatic N) is 3. The van der Waals surface area contributed by atoms with Gasteiger partial charge >= 0.3 is 36.7 Å². The fourth-order valence-corrected chi connectivity index (χ4v) is 4.10. The van der Waals surface area contributed by atoms with Gasteiger partial charge in [0.15, 0.2) is 0 Å². The van der Waals surface area contributed by atoms with Crippen molar-refractivity contribution in [3.8, 4) is 0 Å². The Morgan fingerprint density at radius 3 is 1.43 bits per heavy atom. The van der Waals surface area contributed by atoms with Crippen molar-refractivity contribution in [2.75, 3.05) is 31.9 Å². The van der Waals surface area contributed by atoms with Crippen LogP contribution in [0.3, 0.4) is 0 Å². The summed E-state index contributed by atoms with van der Waals surface area (Å²) in [4.78, 5) is 15.1. The molecule has 2 radical (unpaired) electrons. The van der Waals surface area contributed by atoms with E-state index in [1.165, 1.54) is 57.2 Å². The van der Waals surface area contributed by atoms with Gasteiger partial charge in [-0.2, -0.15) is 0 Å². The zero-order valence-corrected chi connectivity index (χ0v) is 24.5. The molecule has 0 bridgehead atoms. The van der Waals surface area contributed by atoms with Gasteiger partial charge in [-0.05, 0) is 75.1 Å². The van der Waals surface area contributed by atoms with Gasteiger partial charge in [-0.3, -0.25) is 19.9 Å². The molecule has 2 aromatic carbocycles. The zero-order chi connectivity index (χ0) is 23.9. The summed E-state index contributed by atoms with van der Waals surface area (Å²) < 4.78 is 0. The molecule has 2 saturated heterocycles. The van der Waals surface area contributed by atoms with Crippen molar-refractivity contribution >= 4 is 48.1 Å². The fourth-order valence-electron chi connectivity index (χ4n) is 4.10. The molecular weight excluding hydrogens is 598 g/mol. The summed E-state index contributed by atoms with van der Waals surface area (Å²) in [7, 11) is 9.87. The molecule has 11 heteroatoms. The molecule has 4 rings (SSSR count). The molecule has 0 aliphatic carbocycles. The monoisotopic (exact) mass is 636 g/mol. The molecule has 2 fully saturated rings. The predicted molar refractivity (Wildman–Crippen MR) is 147 cm³/mol. The van der Waals surface area contributed by atoms with Gasteiger partial charge in [-0.15, -0.1) is 0 Å². The number of hydrogen-bond donors (Lipinski definition) is 1. The summed E-state index contributed by atoms with van der Waals surface area (Å²) in [5.74, 6) is 0. The Hall–Kier alpha value is -1.14. The summed E-state index contributed by atoms with van der Waals surface area (Å²) in [6.45, 7) is 6.81. The van der Waals surface area contributed by atoms with Crippen LogP contribution in [-0.4, -0.2) is 70.7 Å². The van der Waals surface area contributed by atoms with Crippen LogP contribution in [0, 0.1) is 10.1 Å². The molecule has 0 aromatic heterocycles. The van der Waals surface area contributed by atoms with Crippen LogP contribution in [0.25, 0.3) is 0 Å². The Morgan fingerprint density at radius 1 is 0.743 bits per heavy atom. The van der Waals surface area contributed by atoms with Crippen molar-refractivity contribution in [2.45, 2.75) is 51.6 Å². The van der Waals surface area contributed by atoms with Crippen LogP contribution in [0.1, 0.15) is 49.7 Å². The molecule has 0 atom stereocenters. The van der Waals surface area contributed by atoms with E-state index in [1.807, 2.05) is 24.3 Å². The van der Waals surface area contributed by atoms with Gasteiger partial charge in [0.05, 0.1) is 4.92 Å². The number of likely N-dealkylation sites (tertiary alicyclic amines) is 2. The third-order valence-electron chi connectivity index (χ3n) is 5.84. The van der Waals surface area contributed by atoms with E-state index in [-0.39, 0.29) is 21.6 Å². The number of nitro benzene ring substituents is 1. The molecule has 196 valence electrons. The second-order valence-electron chi connectivity index (χ2n) is 8.41. The molecule has 2 aromatic rings. The Bertz CT molecular complexity index is 804. The van der Waals surface area contributed by atoms with Crippen LogP contribution in [-0.2, 0) is 13.1 Å². The van der Waals surface area contributed by atoms with Gasteiger partial charge in [0.2, 0.25) is 0 Å². The first-order chi connectivity index (χ1) is 16.0. The average molecular weight is 636 g/mol. The molecule has 2 aliphatic heterocycles. The Kier molecular flexibility index (Phi) is 19.3. The van der Waals surface area contributed by atoms with E-state index in [1.54, 1.807) is 12.1 Å². The summed E-state index contributed by atoms with van der Waals surface area (Å²) in [5.41, 5.74) is 9.20. The maximum atomic E-state index is 10.5. The Morgan fingerprint density at radius 2 is 1.09 bits per heavy atom. The second kappa shape index (κ2) is 20.0. The van der Waals surface area contributed by atoms with Crippen molar-refractivity contribution in [1.29, 1.82) is 0 Å². The average Bonchev–Trinajstić information content (AvgIpc) is 2.83. The van der Waals surface area contributed by atoms with E-state index in [0.717, 1.165) is 37.4 Å². The molecule has 0 amide bonds. The minimum absolute atomic E-state index is 0. The number of anilines is 1. The van der Waals surface area contributed by atoms with E-state index in [9.17, 15) is 10.1 Å². The fraction of sp³-hybridized carbons (Fsp3) is 0.500. The second-order valence-corrected chi connectivity index (χ2v) is 12.7. The van der Waals surface area contributed by atoms with E-state index in [0.29, 0.717) is 0 Å². The number of rotatable bonds is 5. The van der Waals surface area contributed by atoms with E-state index >= 15 is 0 Å². The van der Waals surface area contributed by atoms with Crippen LogP contribution < -0.4 is 5.73 Å². The standard InChI is InChI=1S/C12H16N2O2.C12H18N2.2ClH.2H2O.Sn/c15-14(16)12-6-4-11(5-7-12)10-13-8-2-1-3-9-13;13-12-6-4-11(5-7-12)10-14-8-2-1-3-9-14;;;;;/h4-7H,1-3,8-10H2;4-7H,1-3,8-10,13H2;2*1H;2*1H2;/q;;;;;;+2/p-2. The number of nitrogen functional groups attached to an aromatic ring is 1. The number of benzene rings is 2. The molecule has 2 aliphatic rings. The normalized spacial score (nSPS) is 15.7. The number of non-ortho nitro benzene ring substituents is 1. The predicted octanol–water partition coefficient (Wildman–Crippen LogP) is 4.18. The van der Waals surface area contributed by atoms with Crippen LogP contribution in [0.4, 0.5) is 11.4 Å². The van der Waals surface area contributed by atoms with Gasteiger partial charge in [0.25, 0.3) is 5.69 Å². The maximum absolute atomic E-state index is 10.5. The van der Waals surface area contributed by atoms with Gasteiger partial charge in [0.1, 0.15) is 0 Å². The summed E-state index contributed by atoms with van der Waals surface area (Å²) in [6.07, 6.45) is 7.99. The summed E-state index contributed by atoms with van der Waals surface area (Å²) >= 11 is -0.826. The first kappa shape index (κ1) is 33.9. The van der Waals surface area contributed by atoms with Crippen LogP contribution in [0.2, 0.25) is 0 Å². The van der Waals surface area contributed by atoms with Gasteiger partial charge in [-0.1, -0.05) is 37.1 Å². The molecule has 2 heterocycles. The van der Waals surface area contributed by atoms with Crippen LogP contribution in [0.5, 0.6) is 0 Å². The molecule has 8 nitrogen and oxygen atoms in total. The first-order valence-electron chi connectivity index (χ1n) is 11.5. The molecule has 6 N–H and O–H groups in total. The van der Waals surface area contributed by atoms with Crippen LogP contribution >= 0.6 is 17.8 Å². The van der Waals surface area contributed by atoms with Crippen molar-refractivity contribution in [3.63, 3.8) is 0 Å². The number of halogens is 2. The van der Waals surface area contributed by atoms with Crippen molar-refractivity contribution in [1.82, 2.24) is 9.80 Å². The third kappa shape index (κ3) is 14.3. The van der Waals surface area contributed by atoms with Gasteiger partial charge in [-0.25, -0.2) is 0 Å². The first-order valence-corrected chi connectivity index (χ1v) is 18.7. The Balaban J connectivity index is 0.000000568. The van der Waals surface area contributed by atoms with E-state index in [4.69, 9.17) is 23.6 Å². The van der Waals surface area contributed by atoms with Crippen LogP contribution in [0.15, 0.2) is 48.5 Å². The minimum atomic E-state index is -0.826. The SMILES string of the molecule is Nc1ccc(CN2CCCCC2)cc1.O.O.O=[N+]([O-])c1ccc(CN2CCCCC2)cc1.[Cl][Sn][Cl]. The Labute approximate surface area is 226 Å². The zero-order valence-electron chi connectivity index (χ0n) is 20.1. The number of hydrogen-bond acceptors (Lipinski definition) is 5. The number of piperidine rings is 2. The van der Waals surface area contributed by atoms with Crippen molar-refractivity contribution < 1.29 is 15.9 Å².